The summed E-state index contributed by atoms with van der Waals surface area (Å²) in [4.78, 5) is 4.43. The second-order valence-corrected chi connectivity index (χ2v) is 6.77. The van der Waals surface area contributed by atoms with Gasteiger partial charge in [-0.25, -0.2) is 4.39 Å². The number of hydrogen-bond donors (Lipinski definition) is 0. The van der Waals surface area contributed by atoms with Gasteiger partial charge in [-0.1, -0.05) is 61.0 Å². The van der Waals surface area contributed by atoms with Gasteiger partial charge in [-0.05, 0) is 44.0 Å². The van der Waals surface area contributed by atoms with Crippen molar-refractivity contribution in [2.45, 2.75) is 33.3 Å². The lowest BCUT2D eigenvalue weighted by molar-refractivity contribution is 0.224. The average Bonchev–Trinajstić information content (AvgIpc) is 2.64. The topological polar surface area (TPSA) is 22.1 Å². The number of hydrogen-bond acceptors (Lipinski definition) is 2. The normalized spacial score (nSPS) is 13.0. The summed E-state index contributed by atoms with van der Waals surface area (Å²) in [6.45, 7) is 9.40. The number of nitrogens with zero attached hydrogens (tertiary/aromatic N) is 1. The molecule has 2 rings (SSSR count). The Labute approximate surface area is 170 Å². The number of allylic oxidation sites excluding steroid dienone is 5. The average molecular weight is 406 g/mol. The zero-order valence-electron chi connectivity index (χ0n) is 15.6. The molecule has 0 aliphatic carbocycles. The first-order valence-corrected chi connectivity index (χ1v) is 9.40. The van der Waals surface area contributed by atoms with E-state index in [2.05, 4.69) is 24.6 Å². The molecule has 1 unspecified atom stereocenters. The van der Waals surface area contributed by atoms with E-state index in [9.17, 15) is 4.39 Å². The third-order valence-electron chi connectivity index (χ3n) is 4.00. The highest BCUT2D eigenvalue weighted by atomic mass is 35.5. The van der Waals surface area contributed by atoms with Gasteiger partial charge in [0.25, 0.3) is 0 Å². The van der Waals surface area contributed by atoms with Crippen molar-refractivity contribution in [3.8, 4) is 5.75 Å². The molecule has 0 N–H and O–H groups in total. The molecule has 142 valence electrons. The van der Waals surface area contributed by atoms with Crippen molar-refractivity contribution in [2.75, 3.05) is 0 Å². The lowest BCUT2D eigenvalue weighted by atomic mass is 10.1. The molecule has 0 saturated heterocycles. The van der Waals surface area contributed by atoms with Crippen molar-refractivity contribution in [2.24, 2.45) is 0 Å². The van der Waals surface area contributed by atoms with Crippen LogP contribution in [0.25, 0.3) is 5.57 Å². The zero-order chi connectivity index (χ0) is 20.0. The highest BCUT2D eigenvalue weighted by molar-refractivity contribution is 6.36. The molecule has 0 saturated carbocycles. The van der Waals surface area contributed by atoms with E-state index in [-0.39, 0.29) is 5.02 Å². The molecule has 5 heteroatoms. The molecule has 27 heavy (non-hydrogen) atoms. The van der Waals surface area contributed by atoms with E-state index in [4.69, 9.17) is 27.9 Å². The van der Waals surface area contributed by atoms with Crippen LogP contribution in [-0.4, -0.2) is 4.98 Å². The molecule has 0 spiro atoms. The summed E-state index contributed by atoms with van der Waals surface area (Å²) in [5, 5.41) is 0.327. The second kappa shape index (κ2) is 9.72. The summed E-state index contributed by atoms with van der Waals surface area (Å²) < 4.78 is 19.9. The molecule has 1 aromatic carbocycles. The predicted octanol–water partition coefficient (Wildman–Crippen LogP) is 7.51. The van der Waals surface area contributed by atoms with Crippen LogP contribution in [0.4, 0.5) is 4.39 Å². The molecule has 0 radical (unpaired) electrons. The fraction of sp³-hybridized carbons (Fsp3) is 0.227. The molecule has 0 aliphatic rings. The maximum Gasteiger partial charge on any atom is 0.142 e. The number of aromatic nitrogens is 1. The molecule has 0 bridgehead atoms. The predicted molar refractivity (Wildman–Crippen MR) is 112 cm³/mol. The minimum absolute atomic E-state index is 0.0303. The van der Waals surface area contributed by atoms with Crippen LogP contribution in [-0.2, 0) is 0 Å². The lowest BCUT2D eigenvalue weighted by Crippen LogP contribution is -2.07. The van der Waals surface area contributed by atoms with Crippen LogP contribution in [0.3, 0.4) is 0 Å². The summed E-state index contributed by atoms with van der Waals surface area (Å²) >= 11 is 12.3. The van der Waals surface area contributed by atoms with Crippen LogP contribution < -0.4 is 4.74 Å². The first-order valence-electron chi connectivity index (χ1n) is 8.65. The Hall–Kier alpha value is -2.10. The molecule has 1 atom stereocenters. The Morgan fingerprint density at radius 2 is 2.11 bits per heavy atom. The van der Waals surface area contributed by atoms with Crippen molar-refractivity contribution in [3.05, 3.63) is 88.0 Å². The fourth-order valence-electron chi connectivity index (χ4n) is 2.63. The van der Waals surface area contributed by atoms with Gasteiger partial charge in [-0.3, -0.25) is 4.98 Å². The molecule has 2 nitrogen and oxygen atoms in total. The molecular weight excluding hydrogens is 384 g/mol. The number of rotatable bonds is 7. The van der Waals surface area contributed by atoms with Crippen LogP contribution in [0.15, 0.2) is 55.3 Å². The van der Waals surface area contributed by atoms with Crippen LogP contribution in [0.5, 0.6) is 5.75 Å². The fourth-order valence-corrected chi connectivity index (χ4v) is 3.31. The first-order chi connectivity index (χ1) is 12.9. The van der Waals surface area contributed by atoms with Gasteiger partial charge in [-0.15, -0.1) is 0 Å². The van der Waals surface area contributed by atoms with Crippen molar-refractivity contribution in [1.82, 2.24) is 4.98 Å². The standard InChI is InChI=1S/C22H22Cl2FNO/c1-5-7-9-16(8-6-2)17-12-20(14(3)26-13-17)27-15(4)21-18(23)10-11-19(25)22(21)24/h5,7-13,15H,1,6H2,2-4H3/b9-7-,16-8+. The maximum atomic E-state index is 13.8. The third kappa shape index (κ3) is 5.21. The number of pyridine rings is 1. The monoisotopic (exact) mass is 405 g/mol. The van der Waals surface area contributed by atoms with Gasteiger partial charge in [0.05, 0.1) is 10.7 Å². The van der Waals surface area contributed by atoms with Gasteiger partial charge in [0.15, 0.2) is 0 Å². The van der Waals surface area contributed by atoms with Crippen LogP contribution >= 0.6 is 23.2 Å². The Kier molecular flexibility index (Phi) is 7.64. The Bertz CT molecular complexity index is 890. The highest BCUT2D eigenvalue weighted by Crippen LogP contribution is 2.36. The molecule has 0 fully saturated rings. The van der Waals surface area contributed by atoms with Crippen LogP contribution in [0.2, 0.25) is 10.0 Å². The Balaban J connectivity index is 2.40. The third-order valence-corrected chi connectivity index (χ3v) is 4.71. The summed E-state index contributed by atoms with van der Waals surface area (Å²) in [7, 11) is 0. The maximum absolute atomic E-state index is 13.8. The summed E-state index contributed by atoms with van der Waals surface area (Å²) in [5.74, 6) is 0.0586. The van der Waals surface area contributed by atoms with E-state index in [0.717, 1.165) is 23.3 Å². The summed E-state index contributed by atoms with van der Waals surface area (Å²) in [5.41, 5.74) is 3.07. The van der Waals surface area contributed by atoms with E-state index < -0.39 is 11.9 Å². The quantitative estimate of drug-likeness (QED) is 0.351. The molecule has 0 aliphatic heterocycles. The zero-order valence-corrected chi connectivity index (χ0v) is 17.1. The number of aryl methyl sites for hydroxylation is 1. The minimum atomic E-state index is -0.543. The van der Waals surface area contributed by atoms with Gasteiger partial charge >= 0.3 is 0 Å². The second-order valence-electron chi connectivity index (χ2n) is 5.99. The van der Waals surface area contributed by atoms with Gasteiger partial charge in [-0.2, -0.15) is 0 Å². The van der Waals surface area contributed by atoms with Crippen LogP contribution in [0, 0.1) is 12.7 Å². The SMILES string of the molecule is C=C/C=C\C(=C/CC)c1cnc(C)c(OC(C)c2c(Cl)ccc(F)c2Cl)c1. The van der Waals surface area contributed by atoms with Gasteiger partial charge < -0.3 is 4.74 Å². The van der Waals surface area contributed by atoms with E-state index in [1.165, 1.54) is 12.1 Å². The first kappa shape index (κ1) is 21.2. The Morgan fingerprint density at radius 3 is 2.78 bits per heavy atom. The number of ether oxygens (including phenoxy) is 1. The molecule has 1 aromatic heterocycles. The molecule has 1 heterocycles. The summed E-state index contributed by atoms with van der Waals surface area (Å²) in [6, 6.07) is 4.62. The largest absolute Gasteiger partial charge is 0.484 e. The van der Waals surface area contributed by atoms with Crippen molar-refractivity contribution in [1.29, 1.82) is 0 Å². The minimum Gasteiger partial charge on any atom is -0.484 e. The van der Waals surface area contributed by atoms with E-state index >= 15 is 0 Å². The van der Waals surface area contributed by atoms with Crippen molar-refractivity contribution < 1.29 is 9.13 Å². The molecule has 0 amide bonds. The van der Waals surface area contributed by atoms with Crippen molar-refractivity contribution >= 4 is 28.8 Å². The van der Waals surface area contributed by atoms with Gasteiger partial charge in [0.2, 0.25) is 0 Å². The number of benzene rings is 1. The lowest BCUT2D eigenvalue weighted by Gasteiger charge is -2.19. The van der Waals surface area contributed by atoms with E-state index in [0.29, 0.717) is 16.3 Å². The number of halogens is 3. The van der Waals surface area contributed by atoms with E-state index in [1.54, 1.807) is 19.2 Å². The molecular formula is C22H22Cl2FNO. The van der Waals surface area contributed by atoms with Crippen molar-refractivity contribution in [3.63, 3.8) is 0 Å². The van der Waals surface area contributed by atoms with Gasteiger partial charge in [0.1, 0.15) is 17.7 Å². The smallest absolute Gasteiger partial charge is 0.142 e. The molecule has 2 aromatic rings. The van der Waals surface area contributed by atoms with Crippen LogP contribution in [0.1, 0.15) is 43.2 Å². The summed E-state index contributed by atoms with van der Waals surface area (Å²) in [6.07, 6.45) is 9.79. The highest BCUT2D eigenvalue weighted by Gasteiger charge is 2.19. The Morgan fingerprint density at radius 1 is 1.37 bits per heavy atom. The van der Waals surface area contributed by atoms with E-state index in [1.807, 2.05) is 25.1 Å². The van der Waals surface area contributed by atoms with Gasteiger partial charge in [0, 0.05) is 22.3 Å².